The van der Waals surface area contributed by atoms with Crippen molar-refractivity contribution in [2.75, 3.05) is 0 Å². The molecule has 5 nitrogen and oxygen atoms in total. The Balaban J connectivity index is 1.29. The fraction of sp³-hybridized carbons (Fsp3) is 0.0278. The van der Waals surface area contributed by atoms with Crippen LogP contribution in [0.5, 0.6) is 0 Å². The molecule has 0 unspecified atom stereocenters. The highest BCUT2D eigenvalue weighted by atomic mass is 16.1. The van der Waals surface area contributed by atoms with E-state index < -0.39 is 0 Å². The van der Waals surface area contributed by atoms with E-state index >= 15 is 0 Å². The molecule has 0 atom stereocenters. The molecule has 1 aliphatic rings. The first-order valence-electron chi connectivity index (χ1n) is 13.8. The quantitative estimate of drug-likeness (QED) is 0.220. The van der Waals surface area contributed by atoms with E-state index in [1.807, 2.05) is 30.3 Å². The van der Waals surface area contributed by atoms with Gasteiger partial charge in [-0.15, -0.1) is 0 Å². The zero-order chi connectivity index (χ0) is 26.8. The highest BCUT2D eigenvalue weighted by molar-refractivity contribution is 6.18. The maximum atomic E-state index is 14.1. The predicted octanol–water partition coefficient (Wildman–Crippen LogP) is 7.79. The second kappa shape index (κ2) is 7.34. The third kappa shape index (κ3) is 2.63. The van der Waals surface area contributed by atoms with E-state index in [0.717, 1.165) is 67.3 Å². The lowest BCUT2D eigenvalue weighted by atomic mass is 9.89. The van der Waals surface area contributed by atoms with Crippen LogP contribution < -0.4 is 5.56 Å². The Morgan fingerprint density at radius 1 is 0.610 bits per heavy atom. The molecular formula is C36H20N4O. The van der Waals surface area contributed by atoms with Crippen molar-refractivity contribution in [1.82, 2.24) is 18.9 Å². The minimum atomic E-state index is -0.0318. The minimum absolute atomic E-state index is 0.0318. The predicted molar refractivity (Wildman–Crippen MR) is 166 cm³/mol. The normalized spacial score (nSPS) is 12.9. The Morgan fingerprint density at radius 3 is 2.27 bits per heavy atom. The number of aromatic nitrogens is 4. The fourth-order valence-electron chi connectivity index (χ4n) is 7.13. The molecule has 9 aromatic rings. The van der Waals surface area contributed by atoms with Crippen LogP contribution in [0.3, 0.4) is 0 Å². The third-order valence-electron chi connectivity index (χ3n) is 8.87. The summed E-state index contributed by atoms with van der Waals surface area (Å²) in [4.78, 5) is 24.0. The van der Waals surface area contributed by atoms with Crippen molar-refractivity contribution in [2.24, 2.45) is 0 Å². The molecule has 0 fully saturated rings. The summed E-state index contributed by atoms with van der Waals surface area (Å²) in [6.45, 7) is 0.783. The lowest BCUT2D eigenvalue weighted by molar-refractivity contribution is 0.831. The molecule has 1 aliphatic heterocycles. The van der Waals surface area contributed by atoms with Gasteiger partial charge in [0, 0.05) is 21.7 Å². The summed E-state index contributed by atoms with van der Waals surface area (Å²) in [7, 11) is 0. The topological polar surface area (TPSA) is 52.2 Å². The van der Waals surface area contributed by atoms with E-state index in [-0.39, 0.29) is 5.56 Å². The molecule has 3 aromatic heterocycles. The van der Waals surface area contributed by atoms with Crippen LogP contribution in [0.25, 0.3) is 82.5 Å². The number of pyridine rings is 1. The summed E-state index contributed by atoms with van der Waals surface area (Å²) < 4.78 is 4.10. The van der Waals surface area contributed by atoms with Crippen molar-refractivity contribution in [3.8, 4) is 22.5 Å². The van der Waals surface area contributed by atoms with Crippen molar-refractivity contribution in [3.63, 3.8) is 0 Å². The Morgan fingerprint density at radius 2 is 1.37 bits per heavy atom. The number of benzene rings is 6. The van der Waals surface area contributed by atoms with Crippen LogP contribution in [0, 0.1) is 0 Å². The number of rotatable bonds is 1. The van der Waals surface area contributed by atoms with Gasteiger partial charge in [-0.3, -0.25) is 9.20 Å². The zero-order valence-electron chi connectivity index (χ0n) is 21.8. The van der Waals surface area contributed by atoms with Gasteiger partial charge in [0.15, 0.2) is 0 Å². The van der Waals surface area contributed by atoms with Gasteiger partial charge in [-0.1, -0.05) is 66.7 Å². The van der Waals surface area contributed by atoms with E-state index in [1.54, 1.807) is 4.40 Å². The molecule has 0 N–H and O–H groups in total. The first-order chi connectivity index (χ1) is 20.2. The molecule has 41 heavy (non-hydrogen) atoms. The number of hydrogen-bond donors (Lipinski definition) is 0. The van der Waals surface area contributed by atoms with Crippen LogP contribution in [-0.4, -0.2) is 18.9 Å². The van der Waals surface area contributed by atoms with Gasteiger partial charge in [0.1, 0.15) is 11.5 Å². The molecule has 4 heterocycles. The molecule has 0 bridgehead atoms. The maximum absolute atomic E-state index is 14.1. The molecule has 5 heteroatoms. The first kappa shape index (κ1) is 21.3. The highest BCUT2D eigenvalue weighted by Crippen LogP contribution is 2.43. The Kier molecular flexibility index (Phi) is 3.81. The summed E-state index contributed by atoms with van der Waals surface area (Å²) in [6.07, 6.45) is 0. The fourth-order valence-corrected chi connectivity index (χ4v) is 7.13. The standard InChI is InChI=1S/C36H20N4O/c41-36-27-18-22(17-20-7-5-10-25(32(20)27)35-38-29-12-2-4-14-31(29)40(35)36)23-15-16-26-33-21(8-6-9-24(23)33)19-39-30-13-3-1-11-28(30)37-34(26)39/h1-18H,19H2. The van der Waals surface area contributed by atoms with E-state index in [4.69, 9.17) is 9.97 Å². The van der Waals surface area contributed by atoms with Gasteiger partial charge >= 0.3 is 0 Å². The second-order valence-corrected chi connectivity index (χ2v) is 11.0. The van der Waals surface area contributed by atoms with Crippen molar-refractivity contribution < 1.29 is 0 Å². The van der Waals surface area contributed by atoms with E-state index in [2.05, 4.69) is 83.4 Å². The Bertz CT molecular complexity index is 2640. The average molecular weight is 525 g/mol. The smallest absolute Gasteiger partial charge is 0.264 e. The van der Waals surface area contributed by atoms with Crippen molar-refractivity contribution in [2.45, 2.75) is 6.54 Å². The lowest BCUT2D eigenvalue weighted by Gasteiger charge is -2.22. The molecule has 0 radical (unpaired) electrons. The third-order valence-corrected chi connectivity index (χ3v) is 8.87. The van der Waals surface area contributed by atoms with Crippen LogP contribution in [-0.2, 0) is 6.54 Å². The largest absolute Gasteiger partial charge is 0.319 e. The monoisotopic (exact) mass is 524 g/mol. The SMILES string of the molecule is O=c1c2cc(-c3ccc4c5c(cccc35)Cn3c-4nc4ccccc43)cc3cccc(c32)c2nc3ccccc3n12. The number of hydrogen-bond acceptors (Lipinski definition) is 3. The van der Waals surface area contributed by atoms with Gasteiger partial charge < -0.3 is 4.57 Å². The lowest BCUT2D eigenvalue weighted by Crippen LogP contribution is -2.13. The molecule has 0 saturated heterocycles. The molecule has 6 aromatic carbocycles. The van der Waals surface area contributed by atoms with Crippen LogP contribution in [0.4, 0.5) is 0 Å². The summed E-state index contributed by atoms with van der Waals surface area (Å²) in [6, 6.07) is 37.7. The van der Waals surface area contributed by atoms with E-state index in [1.165, 1.54) is 16.3 Å². The number of para-hydroxylation sites is 4. The van der Waals surface area contributed by atoms with Crippen molar-refractivity contribution in [3.05, 3.63) is 125 Å². The average Bonchev–Trinajstić information content (AvgIpc) is 3.59. The molecule has 0 spiro atoms. The van der Waals surface area contributed by atoms with Crippen molar-refractivity contribution >= 4 is 60.0 Å². The molecule has 0 amide bonds. The molecule has 0 aliphatic carbocycles. The Labute approximate surface area is 232 Å². The van der Waals surface area contributed by atoms with E-state index in [9.17, 15) is 4.79 Å². The summed E-state index contributed by atoms with van der Waals surface area (Å²) in [5.41, 5.74) is 9.11. The van der Waals surface area contributed by atoms with Gasteiger partial charge in [-0.25, -0.2) is 9.97 Å². The van der Waals surface area contributed by atoms with Gasteiger partial charge in [0.25, 0.3) is 5.56 Å². The number of imidazole rings is 2. The van der Waals surface area contributed by atoms with Crippen LogP contribution in [0.1, 0.15) is 5.56 Å². The first-order valence-corrected chi connectivity index (χ1v) is 13.8. The summed E-state index contributed by atoms with van der Waals surface area (Å²) >= 11 is 0. The van der Waals surface area contributed by atoms with Gasteiger partial charge in [-0.05, 0) is 75.3 Å². The zero-order valence-corrected chi connectivity index (χ0v) is 21.8. The molecule has 10 rings (SSSR count). The van der Waals surface area contributed by atoms with Crippen LogP contribution >= 0.6 is 0 Å². The van der Waals surface area contributed by atoms with Crippen LogP contribution in [0.15, 0.2) is 114 Å². The number of nitrogens with zero attached hydrogens (tertiary/aromatic N) is 4. The van der Waals surface area contributed by atoms with Crippen LogP contribution in [0.2, 0.25) is 0 Å². The van der Waals surface area contributed by atoms with Crippen molar-refractivity contribution in [1.29, 1.82) is 0 Å². The summed E-state index contributed by atoms with van der Waals surface area (Å²) in [5, 5.41) is 6.15. The number of fused-ring (bicyclic) bond motifs is 8. The van der Waals surface area contributed by atoms with Gasteiger partial charge in [0.2, 0.25) is 0 Å². The highest BCUT2D eigenvalue weighted by Gasteiger charge is 2.24. The second-order valence-electron chi connectivity index (χ2n) is 11.0. The summed E-state index contributed by atoms with van der Waals surface area (Å²) in [5.74, 6) is 1.01. The molecular weight excluding hydrogens is 504 g/mol. The molecule has 190 valence electrons. The Hall–Kier alpha value is -5.55. The van der Waals surface area contributed by atoms with E-state index in [0.29, 0.717) is 11.0 Å². The van der Waals surface area contributed by atoms with Gasteiger partial charge in [0.05, 0.1) is 28.6 Å². The minimum Gasteiger partial charge on any atom is -0.319 e. The van der Waals surface area contributed by atoms with Gasteiger partial charge in [-0.2, -0.15) is 0 Å². The molecule has 0 saturated carbocycles. The maximum Gasteiger partial charge on any atom is 0.264 e.